The van der Waals surface area contributed by atoms with Crippen LogP contribution in [-0.2, 0) is 4.74 Å². The fraction of sp³-hybridized carbons (Fsp3) is 0.500. The minimum absolute atomic E-state index is 0.0380. The van der Waals surface area contributed by atoms with Gasteiger partial charge >= 0.3 is 0 Å². The Morgan fingerprint density at radius 1 is 1.75 bits per heavy atom. The van der Waals surface area contributed by atoms with Gasteiger partial charge in [0.25, 0.3) is 5.91 Å². The highest BCUT2D eigenvalue weighted by atomic mass is 79.9. The molecule has 0 saturated carbocycles. The molecule has 0 radical (unpaired) electrons. The summed E-state index contributed by atoms with van der Waals surface area (Å²) >= 11 is 10.4. The number of alkyl halides is 1. The first-order chi connectivity index (χ1) is 7.69. The van der Waals surface area contributed by atoms with Crippen molar-refractivity contribution < 1.29 is 9.53 Å². The van der Waals surface area contributed by atoms with Gasteiger partial charge in [0.15, 0.2) is 0 Å². The molecule has 1 heterocycles. The maximum Gasteiger partial charge on any atom is 0.262 e. The Labute approximate surface area is 112 Å². The van der Waals surface area contributed by atoms with Crippen LogP contribution in [0.25, 0.3) is 0 Å². The van der Waals surface area contributed by atoms with Crippen LogP contribution in [0.2, 0.25) is 0 Å². The van der Waals surface area contributed by atoms with E-state index in [9.17, 15) is 4.79 Å². The van der Waals surface area contributed by atoms with Crippen molar-refractivity contribution in [1.29, 1.82) is 0 Å². The lowest BCUT2D eigenvalue weighted by Gasteiger charge is -2.16. The largest absolute Gasteiger partial charge is 0.383 e. The van der Waals surface area contributed by atoms with E-state index in [1.165, 1.54) is 11.3 Å². The molecule has 0 aliphatic rings. The van der Waals surface area contributed by atoms with Gasteiger partial charge in [-0.25, -0.2) is 0 Å². The molecule has 0 aliphatic heterocycles. The van der Waals surface area contributed by atoms with Crippen LogP contribution in [0.5, 0.6) is 0 Å². The number of ether oxygens (including phenoxy) is 1. The fourth-order valence-corrected chi connectivity index (χ4v) is 2.95. The second kappa shape index (κ2) is 7.27. The third-order valence-electron chi connectivity index (χ3n) is 1.98. The quantitative estimate of drug-likeness (QED) is 0.816. The van der Waals surface area contributed by atoms with Gasteiger partial charge in [0.1, 0.15) is 4.88 Å². The molecule has 0 saturated heterocycles. The van der Waals surface area contributed by atoms with Crippen molar-refractivity contribution >= 4 is 44.8 Å². The number of amides is 1. The van der Waals surface area contributed by atoms with Crippen molar-refractivity contribution in [1.82, 2.24) is 5.32 Å². The van der Waals surface area contributed by atoms with Gasteiger partial charge < -0.3 is 10.1 Å². The van der Waals surface area contributed by atoms with E-state index < -0.39 is 0 Å². The second-order valence-electron chi connectivity index (χ2n) is 3.20. The minimum Gasteiger partial charge on any atom is -0.383 e. The molecular formula is C10H13BrClNO2S. The maximum absolute atomic E-state index is 11.9. The number of hydrogen-bond donors (Lipinski definition) is 1. The van der Waals surface area contributed by atoms with Crippen LogP contribution in [0.15, 0.2) is 15.9 Å². The number of rotatable bonds is 6. The van der Waals surface area contributed by atoms with Gasteiger partial charge in [-0.15, -0.1) is 22.9 Å². The molecule has 90 valence electrons. The van der Waals surface area contributed by atoms with Crippen LogP contribution in [-0.4, -0.2) is 31.5 Å². The molecule has 16 heavy (non-hydrogen) atoms. The molecule has 1 unspecified atom stereocenters. The lowest BCUT2D eigenvalue weighted by molar-refractivity contribution is 0.0898. The lowest BCUT2D eigenvalue weighted by Crippen LogP contribution is -2.38. The molecule has 3 nitrogen and oxygen atoms in total. The van der Waals surface area contributed by atoms with Crippen molar-refractivity contribution in [2.45, 2.75) is 12.5 Å². The van der Waals surface area contributed by atoms with E-state index in [1.807, 2.05) is 11.4 Å². The third kappa shape index (κ3) is 4.05. The summed E-state index contributed by atoms with van der Waals surface area (Å²) in [5, 5.41) is 4.76. The summed E-state index contributed by atoms with van der Waals surface area (Å²) in [4.78, 5) is 12.5. The van der Waals surface area contributed by atoms with E-state index in [2.05, 4.69) is 21.2 Å². The molecule has 0 fully saturated rings. The van der Waals surface area contributed by atoms with Crippen molar-refractivity contribution in [2.75, 3.05) is 19.6 Å². The van der Waals surface area contributed by atoms with E-state index in [-0.39, 0.29) is 11.9 Å². The molecule has 0 bridgehead atoms. The van der Waals surface area contributed by atoms with E-state index in [0.717, 1.165) is 4.47 Å². The molecular weight excluding hydrogens is 314 g/mol. The summed E-state index contributed by atoms with van der Waals surface area (Å²) in [6, 6.07) is 1.82. The normalized spacial score (nSPS) is 12.4. The standard InChI is InChI=1S/C10H13BrClNO2S/c1-15-6-7(2-4-12)13-10(14)9-8(11)3-5-16-9/h3,5,7H,2,4,6H2,1H3,(H,13,14). The molecule has 1 N–H and O–H groups in total. The molecule has 0 spiro atoms. The van der Waals surface area contributed by atoms with E-state index in [0.29, 0.717) is 23.8 Å². The zero-order valence-corrected chi connectivity index (χ0v) is 12.0. The van der Waals surface area contributed by atoms with Gasteiger partial charge in [-0.3, -0.25) is 4.79 Å². The van der Waals surface area contributed by atoms with Crippen LogP contribution >= 0.6 is 38.9 Å². The zero-order chi connectivity index (χ0) is 12.0. The van der Waals surface area contributed by atoms with Crippen LogP contribution in [0.1, 0.15) is 16.1 Å². The molecule has 0 aromatic carbocycles. The van der Waals surface area contributed by atoms with Crippen LogP contribution in [0.4, 0.5) is 0 Å². The molecule has 1 aromatic rings. The van der Waals surface area contributed by atoms with Crippen molar-refractivity contribution in [3.63, 3.8) is 0 Å². The second-order valence-corrected chi connectivity index (χ2v) is 5.35. The number of carbonyl (C=O) groups is 1. The Morgan fingerprint density at radius 2 is 2.50 bits per heavy atom. The SMILES string of the molecule is COCC(CCCl)NC(=O)c1sccc1Br. The predicted octanol–water partition coefficient (Wildman–Crippen LogP) is 2.88. The Balaban J connectivity index is 2.58. The highest BCUT2D eigenvalue weighted by Gasteiger charge is 2.16. The maximum atomic E-state index is 11.9. The van der Waals surface area contributed by atoms with E-state index in [4.69, 9.17) is 16.3 Å². The molecule has 0 aliphatic carbocycles. The van der Waals surface area contributed by atoms with Gasteiger partial charge in [-0.2, -0.15) is 0 Å². The fourth-order valence-electron chi connectivity index (χ4n) is 1.24. The summed E-state index contributed by atoms with van der Waals surface area (Å²) in [5.41, 5.74) is 0. The van der Waals surface area contributed by atoms with Gasteiger partial charge in [0.05, 0.1) is 12.6 Å². The Morgan fingerprint density at radius 3 is 3.00 bits per heavy atom. The van der Waals surface area contributed by atoms with Crippen molar-refractivity contribution in [3.05, 3.63) is 20.8 Å². The molecule has 1 rings (SSSR count). The minimum atomic E-state index is -0.0889. The summed E-state index contributed by atoms with van der Waals surface area (Å²) in [6.45, 7) is 0.474. The molecule has 1 aromatic heterocycles. The summed E-state index contributed by atoms with van der Waals surface area (Å²) in [7, 11) is 1.61. The van der Waals surface area contributed by atoms with Crippen molar-refractivity contribution in [2.24, 2.45) is 0 Å². The Kier molecular flexibility index (Phi) is 6.34. The number of nitrogens with one attached hydrogen (secondary N) is 1. The van der Waals surface area contributed by atoms with Crippen LogP contribution < -0.4 is 5.32 Å². The number of thiophene rings is 1. The van der Waals surface area contributed by atoms with E-state index >= 15 is 0 Å². The number of halogens is 2. The van der Waals surface area contributed by atoms with Gasteiger partial charge in [0.2, 0.25) is 0 Å². The van der Waals surface area contributed by atoms with Gasteiger partial charge in [0, 0.05) is 17.5 Å². The van der Waals surface area contributed by atoms with Gasteiger partial charge in [-0.05, 0) is 33.8 Å². The topological polar surface area (TPSA) is 38.3 Å². The highest BCUT2D eigenvalue weighted by Crippen LogP contribution is 2.22. The third-order valence-corrected chi connectivity index (χ3v) is 4.04. The highest BCUT2D eigenvalue weighted by molar-refractivity contribution is 9.10. The average molecular weight is 327 g/mol. The first kappa shape index (κ1) is 14.0. The number of methoxy groups -OCH3 is 1. The van der Waals surface area contributed by atoms with E-state index in [1.54, 1.807) is 7.11 Å². The lowest BCUT2D eigenvalue weighted by atomic mass is 10.2. The van der Waals surface area contributed by atoms with Crippen LogP contribution in [0.3, 0.4) is 0 Å². The number of hydrogen-bond acceptors (Lipinski definition) is 3. The van der Waals surface area contributed by atoms with Crippen LogP contribution in [0, 0.1) is 0 Å². The molecule has 1 amide bonds. The Hall–Kier alpha value is -0.100. The van der Waals surface area contributed by atoms with Gasteiger partial charge in [-0.1, -0.05) is 0 Å². The monoisotopic (exact) mass is 325 g/mol. The summed E-state index contributed by atoms with van der Waals surface area (Å²) in [5.74, 6) is 0.411. The zero-order valence-electron chi connectivity index (χ0n) is 8.83. The first-order valence-corrected chi connectivity index (χ1v) is 6.98. The summed E-state index contributed by atoms with van der Waals surface area (Å²) < 4.78 is 5.84. The number of carbonyl (C=O) groups excluding carboxylic acids is 1. The Bertz CT molecular complexity index is 339. The summed E-state index contributed by atoms with van der Waals surface area (Å²) in [6.07, 6.45) is 0.699. The molecule has 6 heteroatoms. The predicted molar refractivity (Wildman–Crippen MR) is 70.5 cm³/mol. The smallest absolute Gasteiger partial charge is 0.262 e. The van der Waals surface area contributed by atoms with Crippen molar-refractivity contribution in [3.8, 4) is 0 Å². The average Bonchev–Trinajstić information content (AvgIpc) is 2.65. The molecule has 1 atom stereocenters. The first-order valence-electron chi connectivity index (χ1n) is 4.77.